The van der Waals surface area contributed by atoms with Crippen LogP contribution < -0.4 is 5.32 Å². The molecule has 2 heterocycles. The number of nitrogens with one attached hydrogen (secondary N) is 1. The molecule has 2 amide bonds. The topological polar surface area (TPSA) is 75.4 Å². The van der Waals surface area contributed by atoms with Crippen LogP contribution in [0.2, 0.25) is 0 Å². The molecule has 2 aliphatic carbocycles. The van der Waals surface area contributed by atoms with Gasteiger partial charge in [-0.3, -0.25) is 19.5 Å². The van der Waals surface area contributed by atoms with Crippen LogP contribution in [0.4, 0.5) is 0 Å². The van der Waals surface area contributed by atoms with Gasteiger partial charge in [-0.2, -0.15) is 0 Å². The summed E-state index contributed by atoms with van der Waals surface area (Å²) in [5, 5.41) is 3.23. The molecule has 4 rings (SSSR count). The Morgan fingerprint density at radius 1 is 1.13 bits per heavy atom. The van der Waals surface area contributed by atoms with Gasteiger partial charge in [-0.05, 0) is 56.2 Å². The van der Waals surface area contributed by atoms with E-state index in [1.165, 1.54) is 12.7 Å². The minimum atomic E-state index is -0.792. The van der Waals surface area contributed by atoms with Crippen LogP contribution in [0.25, 0.3) is 0 Å². The molecule has 2 aromatic rings. The fourth-order valence-corrected chi connectivity index (χ4v) is 4.74. The zero-order valence-electron chi connectivity index (χ0n) is 18.1. The summed E-state index contributed by atoms with van der Waals surface area (Å²) in [6.07, 6.45) is 15.3. The molecule has 0 saturated heterocycles. The van der Waals surface area contributed by atoms with E-state index in [2.05, 4.69) is 23.3 Å². The summed E-state index contributed by atoms with van der Waals surface area (Å²) < 4.78 is 5.45. The smallest absolute Gasteiger partial charge is 0.294 e. The number of hydrogen-bond donors (Lipinski definition) is 1. The molecule has 2 atom stereocenters. The van der Waals surface area contributed by atoms with Crippen molar-refractivity contribution in [3.05, 3.63) is 66.0 Å². The average Bonchev–Trinajstić information content (AvgIpc) is 3.34. The molecule has 2 unspecified atom stereocenters. The van der Waals surface area contributed by atoms with Gasteiger partial charge < -0.3 is 9.73 Å². The highest BCUT2D eigenvalue weighted by atomic mass is 16.3. The van der Waals surface area contributed by atoms with Gasteiger partial charge in [0.25, 0.3) is 5.91 Å². The Morgan fingerprint density at radius 2 is 1.97 bits per heavy atom. The summed E-state index contributed by atoms with van der Waals surface area (Å²) in [5.41, 5.74) is 1.59. The van der Waals surface area contributed by atoms with E-state index in [0.29, 0.717) is 5.56 Å². The Hall–Kier alpha value is -2.89. The normalized spacial score (nSPS) is 20.5. The quantitative estimate of drug-likeness (QED) is 0.711. The second-order valence-electron chi connectivity index (χ2n) is 8.65. The van der Waals surface area contributed by atoms with E-state index in [1.54, 1.807) is 29.4 Å². The van der Waals surface area contributed by atoms with Gasteiger partial charge in [-0.15, -0.1) is 0 Å². The highest BCUT2D eigenvalue weighted by molar-refractivity contribution is 5.97. The SMILES string of the molecule is CC1CCCC=C1N(C(=O)c1ccco1)C(C(=O)NC1CCCCC1)c1cccnc1. The lowest BCUT2D eigenvalue weighted by atomic mass is 9.90. The molecule has 2 aromatic heterocycles. The second kappa shape index (κ2) is 9.94. The third-order valence-corrected chi connectivity index (χ3v) is 6.39. The summed E-state index contributed by atoms with van der Waals surface area (Å²) in [4.78, 5) is 33.2. The molecule has 6 heteroatoms. The first-order valence-electron chi connectivity index (χ1n) is 11.4. The number of rotatable bonds is 6. The maximum Gasteiger partial charge on any atom is 0.294 e. The molecule has 164 valence electrons. The molecule has 0 aliphatic heterocycles. The fourth-order valence-electron chi connectivity index (χ4n) is 4.74. The van der Waals surface area contributed by atoms with Crippen molar-refractivity contribution in [2.75, 3.05) is 0 Å². The molecule has 2 aliphatic rings. The highest BCUT2D eigenvalue weighted by Gasteiger charge is 2.38. The van der Waals surface area contributed by atoms with Gasteiger partial charge in [0, 0.05) is 29.7 Å². The summed E-state index contributed by atoms with van der Waals surface area (Å²) in [6.45, 7) is 2.12. The number of aromatic nitrogens is 1. The Morgan fingerprint density at radius 3 is 2.65 bits per heavy atom. The molecule has 1 saturated carbocycles. The Balaban J connectivity index is 1.74. The number of hydrogen-bond acceptors (Lipinski definition) is 4. The largest absolute Gasteiger partial charge is 0.459 e. The number of carbonyl (C=O) groups is 2. The first-order chi connectivity index (χ1) is 15.1. The van der Waals surface area contributed by atoms with Crippen LogP contribution >= 0.6 is 0 Å². The van der Waals surface area contributed by atoms with E-state index >= 15 is 0 Å². The van der Waals surface area contributed by atoms with Crippen molar-refractivity contribution in [1.29, 1.82) is 0 Å². The lowest BCUT2D eigenvalue weighted by Crippen LogP contribution is -2.47. The molecule has 0 radical (unpaired) electrons. The van der Waals surface area contributed by atoms with E-state index in [9.17, 15) is 9.59 Å². The van der Waals surface area contributed by atoms with Crippen molar-refractivity contribution in [2.45, 2.75) is 70.4 Å². The average molecular weight is 422 g/mol. The predicted octanol–water partition coefficient (Wildman–Crippen LogP) is 5.01. The molecule has 0 spiro atoms. The Labute approximate surface area is 183 Å². The lowest BCUT2D eigenvalue weighted by Gasteiger charge is -2.37. The molecule has 0 aromatic carbocycles. The van der Waals surface area contributed by atoms with Gasteiger partial charge in [0.05, 0.1) is 6.26 Å². The van der Waals surface area contributed by atoms with Gasteiger partial charge in [-0.25, -0.2) is 0 Å². The number of nitrogens with zero attached hydrogens (tertiary/aromatic N) is 2. The molecule has 1 fully saturated rings. The number of furan rings is 1. The standard InChI is InChI=1S/C25H31N3O3/c1-18-9-5-6-13-21(18)28(25(30)22-14-8-16-31-22)23(19-10-7-15-26-17-19)24(29)27-20-11-3-2-4-12-20/h7-8,10,13-18,20,23H,2-6,9,11-12H2,1H3,(H,27,29). The number of allylic oxidation sites excluding steroid dienone is 2. The van der Waals surface area contributed by atoms with Crippen LogP contribution in [0.3, 0.4) is 0 Å². The van der Waals surface area contributed by atoms with Crippen molar-refractivity contribution >= 4 is 11.8 Å². The molecule has 31 heavy (non-hydrogen) atoms. The van der Waals surface area contributed by atoms with Crippen molar-refractivity contribution in [1.82, 2.24) is 15.2 Å². The molecular formula is C25H31N3O3. The van der Waals surface area contributed by atoms with E-state index < -0.39 is 6.04 Å². The first-order valence-corrected chi connectivity index (χ1v) is 11.4. The number of carbonyl (C=O) groups excluding carboxylic acids is 2. The van der Waals surface area contributed by atoms with Gasteiger partial charge >= 0.3 is 0 Å². The summed E-state index contributed by atoms with van der Waals surface area (Å²) in [5.74, 6) is -0.0385. The second-order valence-corrected chi connectivity index (χ2v) is 8.65. The van der Waals surface area contributed by atoms with E-state index in [4.69, 9.17) is 4.42 Å². The number of pyridine rings is 1. The Kier molecular flexibility index (Phi) is 6.85. The van der Waals surface area contributed by atoms with Crippen molar-refractivity contribution < 1.29 is 14.0 Å². The van der Waals surface area contributed by atoms with Crippen LogP contribution in [0, 0.1) is 5.92 Å². The van der Waals surface area contributed by atoms with Gasteiger partial charge in [-0.1, -0.05) is 38.3 Å². The number of amides is 2. The zero-order chi connectivity index (χ0) is 21.6. The fraction of sp³-hybridized carbons (Fsp3) is 0.480. The van der Waals surface area contributed by atoms with Crippen molar-refractivity contribution in [2.24, 2.45) is 5.92 Å². The molecular weight excluding hydrogens is 390 g/mol. The maximum absolute atomic E-state index is 13.7. The van der Waals surface area contributed by atoms with Crippen LogP contribution in [0.15, 0.2) is 59.1 Å². The lowest BCUT2D eigenvalue weighted by molar-refractivity contribution is -0.126. The third kappa shape index (κ3) is 4.89. The maximum atomic E-state index is 13.7. The van der Waals surface area contributed by atoms with E-state index in [1.807, 2.05) is 12.1 Å². The first kappa shape index (κ1) is 21.3. The Bertz CT molecular complexity index is 901. The van der Waals surface area contributed by atoms with Crippen LogP contribution in [0.1, 0.15) is 80.5 Å². The van der Waals surface area contributed by atoms with Crippen LogP contribution in [-0.4, -0.2) is 27.7 Å². The summed E-state index contributed by atoms with van der Waals surface area (Å²) in [7, 11) is 0. The van der Waals surface area contributed by atoms with E-state index in [-0.39, 0.29) is 29.5 Å². The van der Waals surface area contributed by atoms with Crippen LogP contribution in [0.5, 0.6) is 0 Å². The highest BCUT2D eigenvalue weighted by Crippen LogP contribution is 2.35. The third-order valence-electron chi connectivity index (χ3n) is 6.39. The van der Waals surface area contributed by atoms with Gasteiger partial charge in [0.2, 0.25) is 5.91 Å². The molecule has 1 N–H and O–H groups in total. The molecule has 0 bridgehead atoms. The van der Waals surface area contributed by atoms with Crippen molar-refractivity contribution in [3.63, 3.8) is 0 Å². The minimum absolute atomic E-state index is 0.152. The zero-order valence-corrected chi connectivity index (χ0v) is 18.1. The summed E-state index contributed by atoms with van der Waals surface area (Å²) >= 11 is 0. The van der Waals surface area contributed by atoms with Gasteiger partial charge in [0.1, 0.15) is 6.04 Å². The van der Waals surface area contributed by atoms with Crippen molar-refractivity contribution in [3.8, 4) is 0 Å². The van der Waals surface area contributed by atoms with E-state index in [0.717, 1.165) is 50.6 Å². The van der Waals surface area contributed by atoms with Crippen LogP contribution in [-0.2, 0) is 4.79 Å². The van der Waals surface area contributed by atoms with Gasteiger partial charge in [0.15, 0.2) is 5.76 Å². The predicted molar refractivity (Wildman–Crippen MR) is 118 cm³/mol. The molecule has 6 nitrogen and oxygen atoms in total. The summed E-state index contributed by atoms with van der Waals surface area (Å²) in [6, 6.07) is 6.39. The monoisotopic (exact) mass is 421 g/mol. The minimum Gasteiger partial charge on any atom is -0.459 e.